The van der Waals surface area contributed by atoms with E-state index in [0.29, 0.717) is 28.8 Å². The van der Waals surface area contributed by atoms with E-state index in [1.807, 2.05) is 0 Å². The molecule has 0 radical (unpaired) electrons. The van der Waals surface area contributed by atoms with Crippen molar-refractivity contribution in [1.29, 1.82) is 0 Å². The van der Waals surface area contributed by atoms with Crippen molar-refractivity contribution in [2.24, 2.45) is 0 Å². The highest BCUT2D eigenvalue weighted by Gasteiger charge is 2.44. The van der Waals surface area contributed by atoms with Gasteiger partial charge in [0.2, 0.25) is 0 Å². The van der Waals surface area contributed by atoms with E-state index in [1.54, 1.807) is 22.7 Å². The van der Waals surface area contributed by atoms with E-state index in [-0.39, 0.29) is 0 Å². The fourth-order valence-electron chi connectivity index (χ4n) is 3.85. The van der Waals surface area contributed by atoms with Crippen LogP contribution in [0, 0.1) is 0 Å². The first-order chi connectivity index (χ1) is 13.2. The third-order valence-electron chi connectivity index (χ3n) is 5.30. The van der Waals surface area contributed by atoms with Crippen LogP contribution in [0.1, 0.15) is 45.3 Å². The van der Waals surface area contributed by atoms with Crippen molar-refractivity contribution in [3.8, 4) is 0 Å². The SMILES string of the molecule is CCCSCC1OC(n2cnc3c(NC4CCCC4)ncnc32)C(O)C1O. The summed E-state index contributed by atoms with van der Waals surface area (Å²) in [6.07, 6.45) is 5.88. The summed E-state index contributed by atoms with van der Waals surface area (Å²) in [5.74, 6) is 2.37. The van der Waals surface area contributed by atoms with Gasteiger partial charge in [-0.05, 0) is 25.0 Å². The Hall–Kier alpha value is -1.42. The van der Waals surface area contributed by atoms with Gasteiger partial charge in [-0.15, -0.1) is 0 Å². The fraction of sp³-hybridized carbons (Fsp3) is 0.722. The Morgan fingerprint density at radius 2 is 2.04 bits per heavy atom. The lowest BCUT2D eigenvalue weighted by Gasteiger charge is -2.17. The van der Waals surface area contributed by atoms with E-state index in [4.69, 9.17) is 4.74 Å². The molecule has 2 aromatic rings. The molecule has 2 fully saturated rings. The average Bonchev–Trinajstić information content (AvgIpc) is 3.39. The summed E-state index contributed by atoms with van der Waals surface area (Å²) in [5, 5.41) is 24.4. The molecule has 0 spiro atoms. The first-order valence-corrected chi connectivity index (χ1v) is 10.9. The first-order valence-electron chi connectivity index (χ1n) is 9.72. The molecule has 0 aromatic carbocycles. The summed E-state index contributed by atoms with van der Waals surface area (Å²) in [6, 6.07) is 0.420. The van der Waals surface area contributed by atoms with Crippen molar-refractivity contribution in [2.45, 2.75) is 69.6 Å². The predicted molar refractivity (Wildman–Crippen MR) is 105 cm³/mol. The van der Waals surface area contributed by atoms with E-state index in [0.717, 1.165) is 25.0 Å². The van der Waals surface area contributed by atoms with Crippen LogP contribution in [0.4, 0.5) is 5.82 Å². The maximum atomic E-state index is 10.5. The van der Waals surface area contributed by atoms with Gasteiger partial charge >= 0.3 is 0 Å². The molecule has 9 heteroatoms. The molecule has 4 rings (SSSR count). The minimum absolute atomic E-state index is 0.406. The van der Waals surface area contributed by atoms with Gasteiger partial charge in [0, 0.05) is 11.8 Å². The van der Waals surface area contributed by atoms with Crippen LogP contribution >= 0.6 is 11.8 Å². The van der Waals surface area contributed by atoms with Gasteiger partial charge < -0.3 is 20.3 Å². The van der Waals surface area contributed by atoms with Crippen molar-refractivity contribution >= 4 is 28.7 Å². The van der Waals surface area contributed by atoms with Crippen molar-refractivity contribution < 1.29 is 14.9 Å². The lowest BCUT2D eigenvalue weighted by atomic mass is 10.1. The Bertz CT molecular complexity index is 767. The molecular formula is C18H27N5O3S. The summed E-state index contributed by atoms with van der Waals surface area (Å²) < 4.78 is 7.68. The van der Waals surface area contributed by atoms with Crippen LogP contribution in [-0.2, 0) is 4.74 Å². The third-order valence-corrected chi connectivity index (χ3v) is 6.56. The summed E-state index contributed by atoms with van der Waals surface area (Å²) in [6.45, 7) is 2.12. The van der Waals surface area contributed by atoms with E-state index >= 15 is 0 Å². The van der Waals surface area contributed by atoms with Gasteiger partial charge in [-0.2, -0.15) is 11.8 Å². The van der Waals surface area contributed by atoms with Crippen molar-refractivity contribution in [2.75, 3.05) is 16.8 Å². The Morgan fingerprint density at radius 1 is 1.22 bits per heavy atom. The molecule has 1 aliphatic carbocycles. The molecule has 148 valence electrons. The molecule has 0 bridgehead atoms. The third kappa shape index (κ3) is 3.78. The Morgan fingerprint density at radius 3 is 2.81 bits per heavy atom. The number of aliphatic hydroxyl groups is 2. The number of aliphatic hydroxyl groups excluding tert-OH is 2. The largest absolute Gasteiger partial charge is 0.387 e. The molecule has 1 saturated carbocycles. The number of anilines is 1. The highest BCUT2D eigenvalue weighted by molar-refractivity contribution is 7.99. The number of fused-ring (bicyclic) bond motifs is 1. The standard InChI is InChI=1S/C18H27N5O3S/c1-2-7-27-8-12-14(24)15(25)18(26-12)23-10-21-13-16(19-9-20-17(13)23)22-11-5-3-4-6-11/h9-12,14-15,18,24-25H,2-8H2,1H3,(H,19,20,22). The van der Waals surface area contributed by atoms with E-state index in [1.165, 1.54) is 19.2 Å². The molecule has 2 aliphatic rings. The fourth-order valence-corrected chi connectivity index (χ4v) is 4.81. The van der Waals surface area contributed by atoms with Crippen LogP contribution in [0.3, 0.4) is 0 Å². The van der Waals surface area contributed by atoms with E-state index < -0.39 is 24.5 Å². The zero-order chi connectivity index (χ0) is 18.8. The quantitative estimate of drug-likeness (QED) is 0.613. The zero-order valence-corrected chi connectivity index (χ0v) is 16.3. The van der Waals surface area contributed by atoms with E-state index in [2.05, 4.69) is 27.2 Å². The topological polar surface area (TPSA) is 105 Å². The maximum Gasteiger partial charge on any atom is 0.167 e. The zero-order valence-electron chi connectivity index (χ0n) is 15.5. The Balaban J connectivity index is 1.55. The molecule has 3 heterocycles. The number of nitrogens with zero attached hydrogens (tertiary/aromatic N) is 4. The highest BCUT2D eigenvalue weighted by atomic mass is 32.2. The maximum absolute atomic E-state index is 10.5. The normalized spacial score (nSPS) is 29.0. The number of hydrogen-bond acceptors (Lipinski definition) is 8. The number of thioether (sulfide) groups is 1. The Kier molecular flexibility index (Phi) is 5.82. The predicted octanol–water partition coefficient (Wildman–Crippen LogP) is 1.94. The molecule has 4 atom stereocenters. The second-order valence-electron chi connectivity index (χ2n) is 7.29. The molecule has 0 amide bonds. The van der Waals surface area contributed by atoms with Crippen LogP contribution in [0.15, 0.2) is 12.7 Å². The van der Waals surface area contributed by atoms with Gasteiger partial charge in [-0.25, -0.2) is 15.0 Å². The highest BCUT2D eigenvalue weighted by Crippen LogP contribution is 2.34. The molecule has 1 aliphatic heterocycles. The number of hydrogen-bond donors (Lipinski definition) is 3. The average molecular weight is 394 g/mol. The summed E-state index contributed by atoms with van der Waals surface area (Å²) >= 11 is 1.72. The minimum Gasteiger partial charge on any atom is -0.387 e. The van der Waals surface area contributed by atoms with Crippen LogP contribution in [0.2, 0.25) is 0 Å². The smallest absolute Gasteiger partial charge is 0.167 e. The second kappa shape index (κ2) is 8.30. The molecule has 1 saturated heterocycles. The van der Waals surface area contributed by atoms with Crippen molar-refractivity contribution in [1.82, 2.24) is 19.5 Å². The van der Waals surface area contributed by atoms with Crippen LogP contribution in [0.25, 0.3) is 11.2 Å². The molecular weight excluding hydrogens is 366 g/mol. The lowest BCUT2D eigenvalue weighted by molar-refractivity contribution is -0.0289. The number of nitrogens with one attached hydrogen (secondary N) is 1. The molecule has 4 unspecified atom stereocenters. The van der Waals surface area contributed by atoms with Gasteiger partial charge in [0.25, 0.3) is 0 Å². The van der Waals surface area contributed by atoms with Gasteiger partial charge in [0.05, 0.1) is 12.4 Å². The van der Waals surface area contributed by atoms with Gasteiger partial charge in [0.1, 0.15) is 18.5 Å². The van der Waals surface area contributed by atoms with Gasteiger partial charge in [-0.3, -0.25) is 4.57 Å². The monoisotopic (exact) mass is 393 g/mol. The van der Waals surface area contributed by atoms with Gasteiger partial charge in [-0.1, -0.05) is 19.8 Å². The molecule has 27 heavy (non-hydrogen) atoms. The molecule has 3 N–H and O–H groups in total. The number of imidazole rings is 1. The first kappa shape index (κ1) is 18.9. The summed E-state index contributed by atoms with van der Waals surface area (Å²) in [4.78, 5) is 13.2. The van der Waals surface area contributed by atoms with E-state index in [9.17, 15) is 10.2 Å². The second-order valence-corrected chi connectivity index (χ2v) is 8.44. The van der Waals surface area contributed by atoms with Crippen LogP contribution < -0.4 is 5.32 Å². The lowest BCUT2D eigenvalue weighted by Crippen LogP contribution is -2.32. The van der Waals surface area contributed by atoms with Gasteiger partial charge in [0.15, 0.2) is 23.2 Å². The number of ether oxygens (including phenoxy) is 1. The summed E-state index contributed by atoms with van der Waals surface area (Å²) in [5.41, 5.74) is 1.27. The van der Waals surface area contributed by atoms with Crippen molar-refractivity contribution in [3.05, 3.63) is 12.7 Å². The summed E-state index contributed by atoms with van der Waals surface area (Å²) in [7, 11) is 0. The molecule has 2 aromatic heterocycles. The van der Waals surface area contributed by atoms with Crippen LogP contribution in [0.5, 0.6) is 0 Å². The number of aromatic nitrogens is 4. The Labute approximate surface area is 162 Å². The minimum atomic E-state index is -1.02. The van der Waals surface area contributed by atoms with Crippen molar-refractivity contribution in [3.63, 3.8) is 0 Å². The molecule has 8 nitrogen and oxygen atoms in total. The van der Waals surface area contributed by atoms with Crippen LogP contribution in [-0.4, -0.2) is 65.6 Å². The number of rotatable bonds is 7.